The second-order valence-corrected chi connectivity index (χ2v) is 6.46. The third-order valence-corrected chi connectivity index (χ3v) is 4.22. The van der Waals surface area contributed by atoms with Gasteiger partial charge in [-0.05, 0) is 63.3 Å². The Bertz CT molecular complexity index is 680. The van der Waals surface area contributed by atoms with Crippen LogP contribution >= 0.6 is 0 Å². The lowest BCUT2D eigenvalue weighted by molar-refractivity contribution is -0.129. The summed E-state index contributed by atoms with van der Waals surface area (Å²) in [5, 5.41) is 5.43. The van der Waals surface area contributed by atoms with Crippen LogP contribution in [0.4, 0.5) is 5.69 Å². The Morgan fingerprint density at radius 1 is 1.15 bits per heavy atom. The highest BCUT2D eigenvalue weighted by atomic mass is 16.5. The van der Waals surface area contributed by atoms with Gasteiger partial charge < -0.3 is 15.4 Å². The number of ether oxygens (including phenoxy) is 1. The predicted molar refractivity (Wildman–Crippen MR) is 99.8 cm³/mol. The lowest BCUT2D eigenvalue weighted by Gasteiger charge is -2.15. The summed E-state index contributed by atoms with van der Waals surface area (Å²) in [7, 11) is 0. The van der Waals surface area contributed by atoms with E-state index in [0.717, 1.165) is 19.3 Å². The molecule has 1 atom stereocenters. The number of allylic oxidation sites excluding steroid dienone is 1. The number of hydrogen-bond donors (Lipinski definition) is 2. The number of carbonyl (C=O) groups is 3. The van der Waals surface area contributed by atoms with Gasteiger partial charge in [-0.3, -0.25) is 9.59 Å². The first-order chi connectivity index (χ1) is 12.5. The van der Waals surface area contributed by atoms with Crippen molar-refractivity contribution in [2.24, 2.45) is 0 Å². The van der Waals surface area contributed by atoms with Crippen molar-refractivity contribution < 1.29 is 19.1 Å². The van der Waals surface area contributed by atoms with Gasteiger partial charge in [0.1, 0.15) is 0 Å². The normalized spacial score (nSPS) is 14.8. The van der Waals surface area contributed by atoms with E-state index < -0.39 is 12.1 Å². The van der Waals surface area contributed by atoms with Crippen LogP contribution in [0.2, 0.25) is 0 Å². The number of anilines is 1. The fraction of sp³-hybridized carbons (Fsp3) is 0.450. The average Bonchev–Trinajstić information content (AvgIpc) is 2.62. The molecular weight excluding hydrogens is 332 g/mol. The van der Waals surface area contributed by atoms with Crippen LogP contribution < -0.4 is 10.6 Å². The monoisotopic (exact) mass is 358 g/mol. The van der Waals surface area contributed by atoms with Crippen molar-refractivity contribution in [2.45, 2.75) is 52.1 Å². The summed E-state index contributed by atoms with van der Waals surface area (Å²) in [5.41, 5.74) is 2.31. The number of rotatable bonds is 7. The first kappa shape index (κ1) is 19.7. The van der Waals surface area contributed by atoms with Crippen LogP contribution in [-0.2, 0) is 14.3 Å². The maximum absolute atomic E-state index is 12.1. The van der Waals surface area contributed by atoms with Crippen molar-refractivity contribution in [1.29, 1.82) is 0 Å². The standard InChI is InChI=1S/C20H26N2O4/c1-14(19(24)21-13-12-16-6-4-3-5-7-16)26-20(25)17-8-10-18(11-9-17)22-15(2)23/h6,8-11,14H,3-5,7,12-13H2,1-2H3,(H,21,24)(H,22,23)/t14-/m1/s1. The number of nitrogens with one attached hydrogen (secondary N) is 2. The molecule has 6 heteroatoms. The van der Waals surface area contributed by atoms with Crippen LogP contribution in [0.3, 0.4) is 0 Å². The molecule has 0 bridgehead atoms. The minimum absolute atomic E-state index is 0.186. The van der Waals surface area contributed by atoms with E-state index in [9.17, 15) is 14.4 Å². The molecule has 0 saturated carbocycles. The van der Waals surface area contributed by atoms with E-state index in [4.69, 9.17) is 4.74 Å². The molecule has 1 aliphatic carbocycles. The Hall–Kier alpha value is -2.63. The largest absolute Gasteiger partial charge is 0.449 e. The summed E-state index contributed by atoms with van der Waals surface area (Å²) in [5.74, 6) is -1.06. The molecule has 0 radical (unpaired) electrons. The zero-order valence-corrected chi connectivity index (χ0v) is 15.3. The van der Waals surface area contributed by atoms with Crippen LogP contribution in [-0.4, -0.2) is 30.4 Å². The van der Waals surface area contributed by atoms with Crippen LogP contribution in [0.25, 0.3) is 0 Å². The fourth-order valence-electron chi connectivity index (χ4n) is 2.80. The Balaban J connectivity index is 1.77. The van der Waals surface area contributed by atoms with E-state index >= 15 is 0 Å². The molecule has 2 N–H and O–H groups in total. The highest BCUT2D eigenvalue weighted by Crippen LogP contribution is 2.19. The van der Waals surface area contributed by atoms with Crippen LogP contribution in [0.5, 0.6) is 0 Å². The van der Waals surface area contributed by atoms with Gasteiger partial charge in [0.05, 0.1) is 5.56 Å². The topological polar surface area (TPSA) is 84.5 Å². The summed E-state index contributed by atoms with van der Waals surface area (Å²) in [6.45, 7) is 3.52. The number of hydrogen-bond acceptors (Lipinski definition) is 4. The quantitative estimate of drug-likeness (QED) is 0.579. The van der Waals surface area contributed by atoms with Gasteiger partial charge in [-0.15, -0.1) is 0 Å². The molecule has 1 aromatic rings. The van der Waals surface area contributed by atoms with Crippen molar-refractivity contribution in [3.05, 3.63) is 41.5 Å². The maximum Gasteiger partial charge on any atom is 0.338 e. The Morgan fingerprint density at radius 2 is 1.88 bits per heavy atom. The average molecular weight is 358 g/mol. The van der Waals surface area contributed by atoms with Gasteiger partial charge in [0.25, 0.3) is 5.91 Å². The van der Waals surface area contributed by atoms with Gasteiger partial charge >= 0.3 is 5.97 Å². The van der Waals surface area contributed by atoms with Gasteiger partial charge in [0.15, 0.2) is 6.10 Å². The van der Waals surface area contributed by atoms with E-state index in [-0.39, 0.29) is 11.8 Å². The SMILES string of the molecule is CC(=O)Nc1ccc(C(=O)O[C@H](C)C(=O)NCCC2=CCCCC2)cc1. The first-order valence-corrected chi connectivity index (χ1v) is 9.00. The van der Waals surface area contributed by atoms with Gasteiger partial charge in [-0.1, -0.05) is 11.6 Å². The Morgan fingerprint density at radius 3 is 2.50 bits per heavy atom. The number of esters is 1. The molecule has 6 nitrogen and oxygen atoms in total. The molecule has 140 valence electrons. The molecule has 0 spiro atoms. The van der Waals surface area contributed by atoms with E-state index in [1.54, 1.807) is 31.2 Å². The molecule has 0 aromatic heterocycles. The lowest BCUT2D eigenvalue weighted by atomic mass is 9.97. The van der Waals surface area contributed by atoms with Crippen molar-refractivity contribution >= 4 is 23.5 Å². The summed E-state index contributed by atoms with van der Waals surface area (Å²) in [4.78, 5) is 35.2. The molecule has 0 saturated heterocycles. The Labute approximate surface area is 154 Å². The van der Waals surface area contributed by atoms with E-state index in [1.807, 2.05) is 0 Å². The number of amides is 2. The van der Waals surface area contributed by atoms with Crippen LogP contribution in [0, 0.1) is 0 Å². The van der Waals surface area contributed by atoms with Gasteiger partial charge in [0.2, 0.25) is 5.91 Å². The summed E-state index contributed by atoms with van der Waals surface area (Å²) < 4.78 is 5.21. The second kappa shape index (κ2) is 9.75. The third kappa shape index (κ3) is 6.35. The lowest BCUT2D eigenvalue weighted by Crippen LogP contribution is -2.36. The molecule has 1 aromatic carbocycles. The van der Waals surface area contributed by atoms with E-state index in [2.05, 4.69) is 16.7 Å². The smallest absolute Gasteiger partial charge is 0.338 e. The summed E-state index contributed by atoms with van der Waals surface area (Å²) in [6, 6.07) is 6.32. The molecule has 0 heterocycles. The van der Waals surface area contributed by atoms with Crippen molar-refractivity contribution in [2.75, 3.05) is 11.9 Å². The van der Waals surface area contributed by atoms with E-state index in [0.29, 0.717) is 17.8 Å². The molecule has 0 unspecified atom stereocenters. The fourth-order valence-corrected chi connectivity index (χ4v) is 2.80. The maximum atomic E-state index is 12.1. The van der Waals surface area contributed by atoms with Crippen LogP contribution in [0.15, 0.2) is 35.9 Å². The predicted octanol–water partition coefficient (Wildman–Crippen LogP) is 3.20. The van der Waals surface area contributed by atoms with Gasteiger partial charge in [-0.2, -0.15) is 0 Å². The molecule has 0 aliphatic heterocycles. The Kier molecular flexibility index (Phi) is 7.38. The molecule has 1 aliphatic rings. The first-order valence-electron chi connectivity index (χ1n) is 9.00. The molecule has 2 rings (SSSR count). The minimum atomic E-state index is -0.863. The van der Waals surface area contributed by atoms with Crippen molar-refractivity contribution in [3.8, 4) is 0 Å². The highest BCUT2D eigenvalue weighted by molar-refractivity contribution is 5.93. The highest BCUT2D eigenvalue weighted by Gasteiger charge is 2.18. The third-order valence-electron chi connectivity index (χ3n) is 4.22. The number of benzene rings is 1. The van der Waals surface area contributed by atoms with Crippen molar-refractivity contribution in [3.63, 3.8) is 0 Å². The minimum Gasteiger partial charge on any atom is -0.449 e. The number of carbonyl (C=O) groups excluding carboxylic acids is 3. The summed E-state index contributed by atoms with van der Waals surface area (Å²) in [6.07, 6.45) is 6.93. The molecule has 2 amide bonds. The molecule has 0 fully saturated rings. The van der Waals surface area contributed by atoms with Crippen molar-refractivity contribution in [1.82, 2.24) is 5.32 Å². The van der Waals surface area contributed by atoms with Gasteiger partial charge in [0, 0.05) is 19.2 Å². The van der Waals surface area contributed by atoms with Crippen LogP contribution in [0.1, 0.15) is 56.3 Å². The van der Waals surface area contributed by atoms with Gasteiger partial charge in [-0.25, -0.2) is 4.79 Å². The zero-order valence-electron chi connectivity index (χ0n) is 15.3. The molecular formula is C20H26N2O4. The second-order valence-electron chi connectivity index (χ2n) is 6.46. The summed E-state index contributed by atoms with van der Waals surface area (Å²) >= 11 is 0. The zero-order chi connectivity index (χ0) is 18.9. The van der Waals surface area contributed by atoms with E-state index in [1.165, 1.54) is 25.3 Å². The molecule has 26 heavy (non-hydrogen) atoms.